The van der Waals surface area contributed by atoms with E-state index in [-0.39, 0.29) is 5.69 Å². The first-order chi connectivity index (χ1) is 13.6. The van der Waals surface area contributed by atoms with Crippen molar-refractivity contribution in [2.45, 2.75) is 0 Å². The highest BCUT2D eigenvalue weighted by atomic mass is 16.5. The number of carboxylic acid groups (broad SMARTS) is 1. The van der Waals surface area contributed by atoms with Crippen LogP contribution in [0.25, 0.3) is 10.9 Å². The molecule has 0 radical (unpaired) electrons. The Hall–Kier alpha value is -4.21. The number of methoxy groups -OCH3 is 1. The van der Waals surface area contributed by atoms with Gasteiger partial charge in [0, 0.05) is 23.7 Å². The lowest BCUT2D eigenvalue weighted by Gasteiger charge is -2.12. The number of rotatable bonds is 6. The number of carboxylic acids is 1. The lowest BCUT2D eigenvalue weighted by molar-refractivity contribution is 0.0692. The molecule has 0 saturated carbocycles. The van der Waals surface area contributed by atoms with Crippen molar-refractivity contribution in [2.24, 2.45) is 0 Å². The minimum Gasteiger partial charge on any atom is -0.494 e. The summed E-state index contributed by atoms with van der Waals surface area (Å²) in [5, 5.41) is 22.5. The molecule has 10 nitrogen and oxygen atoms in total. The number of anilines is 4. The molecule has 0 saturated heterocycles. The fourth-order valence-electron chi connectivity index (χ4n) is 2.67. The molecule has 1 aromatic carbocycles. The van der Waals surface area contributed by atoms with Gasteiger partial charge in [0.2, 0.25) is 0 Å². The molecule has 140 valence electrons. The monoisotopic (exact) mass is 377 g/mol. The lowest BCUT2D eigenvalue weighted by Crippen LogP contribution is -2.01. The van der Waals surface area contributed by atoms with Gasteiger partial charge in [0.05, 0.1) is 18.3 Å². The van der Waals surface area contributed by atoms with Gasteiger partial charge in [0.15, 0.2) is 5.69 Å². The highest BCUT2D eigenvalue weighted by Crippen LogP contribution is 2.33. The largest absolute Gasteiger partial charge is 0.494 e. The van der Waals surface area contributed by atoms with Crippen LogP contribution in [-0.4, -0.2) is 43.3 Å². The number of benzene rings is 1. The molecule has 28 heavy (non-hydrogen) atoms. The second-order valence-corrected chi connectivity index (χ2v) is 5.73. The molecule has 0 amide bonds. The third-order valence-electron chi connectivity index (χ3n) is 3.94. The Balaban J connectivity index is 1.66. The minimum absolute atomic E-state index is 0.0686. The predicted molar refractivity (Wildman–Crippen MR) is 102 cm³/mol. The summed E-state index contributed by atoms with van der Waals surface area (Å²) >= 11 is 0. The van der Waals surface area contributed by atoms with Crippen LogP contribution in [0.4, 0.5) is 23.1 Å². The van der Waals surface area contributed by atoms with Gasteiger partial charge in [0.1, 0.15) is 29.5 Å². The predicted octanol–water partition coefficient (Wildman–Crippen LogP) is 2.94. The van der Waals surface area contributed by atoms with Crippen molar-refractivity contribution < 1.29 is 14.6 Å². The van der Waals surface area contributed by atoms with Crippen LogP contribution < -0.4 is 15.4 Å². The van der Waals surface area contributed by atoms with Gasteiger partial charge in [-0.15, -0.1) is 0 Å². The van der Waals surface area contributed by atoms with Crippen LogP contribution in [-0.2, 0) is 0 Å². The molecule has 0 atom stereocenters. The van der Waals surface area contributed by atoms with Gasteiger partial charge in [-0.3, -0.25) is 5.10 Å². The molecule has 0 bridgehead atoms. The molecule has 10 heteroatoms. The van der Waals surface area contributed by atoms with Gasteiger partial charge < -0.3 is 20.5 Å². The maximum atomic E-state index is 11.3. The van der Waals surface area contributed by atoms with Gasteiger partial charge in [-0.25, -0.2) is 19.7 Å². The van der Waals surface area contributed by atoms with Gasteiger partial charge in [-0.2, -0.15) is 5.10 Å². The maximum absolute atomic E-state index is 11.3. The van der Waals surface area contributed by atoms with Crippen molar-refractivity contribution in [2.75, 3.05) is 17.7 Å². The minimum atomic E-state index is -1.12. The van der Waals surface area contributed by atoms with E-state index in [1.54, 1.807) is 24.4 Å². The molecule has 0 spiro atoms. The van der Waals surface area contributed by atoms with Crippen LogP contribution in [0.5, 0.6) is 5.75 Å². The summed E-state index contributed by atoms with van der Waals surface area (Å²) in [5.41, 5.74) is 1.03. The zero-order valence-corrected chi connectivity index (χ0v) is 14.7. The molecule has 4 aromatic rings. The van der Waals surface area contributed by atoms with E-state index in [4.69, 9.17) is 4.74 Å². The summed E-state index contributed by atoms with van der Waals surface area (Å²) < 4.78 is 5.39. The van der Waals surface area contributed by atoms with Crippen molar-refractivity contribution in [1.82, 2.24) is 25.1 Å². The highest BCUT2D eigenvalue weighted by Gasteiger charge is 2.16. The van der Waals surface area contributed by atoms with Crippen molar-refractivity contribution in [3.05, 3.63) is 54.6 Å². The summed E-state index contributed by atoms with van der Waals surface area (Å²) in [6.45, 7) is 0. The SMILES string of the molecule is COc1cc2[nH]nc(C(=O)O)c2cc1Nc1cc(Nc2ccccn2)ncn1. The summed E-state index contributed by atoms with van der Waals surface area (Å²) in [4.78, 5) is 23.9. The first-order valence-corrected chi connectivity index (χ1v) is 8.20. The zero-order valence-electron chi connectivity index (χ0n) is 14.7. The van der Waals surface area contributed by atoms with Crippen LogP contribution in [0.3, 0.4) is 0 Å². The number of hydrogen-bond donors (Lipinski definition) is 4. The van der Waals surface area contributed by atoms with E-state index in [2.05, 4.69) is 35.8 Å². The Morgan fingerprint density at radius 1 is 1.07 bits per heavy atom. The fourth-order valence-corrected chi connectivity index (χ4v) is 2.67. The van der Waals surface area contributed by atoms with E-state index in [9.17, 15) is 9.90 Å². The highest BCUT2D eigenvalue weighted by molar-refractivity contribution is 6.03. The number of ether oxygens (including phenoxy) is 1. The van der Waals surface area contributed by atoms with Crippen molar-refractivity contribution in [1.29, 1.82) is 0 Å². The van der Waals surface area contributed by atoms with Crippen LogP contribution >= 0.6 is 0 Å². The molecule has 4 rings (SSSR count). The van der Waals surface area contributed by atoms with E-state index in [0.29, 0.717) is 39.8 Å². The molecule has 3 aromatic heterocycles. The number of aromatic amines is 1. The molecular formula is C18H15N7O3. The Morgan fingerprint density at radius 2 is 1.89 bits per heavy atom. The van der Waals surface area contributed by atoms with Crippen LogP contribution in [0.15, 0.2) is 48.9 Å². The number of hydrogen-bond acceptors (Lipinski definition) is 8. The van der Waals surface area contributed by atoms with Crippen LogP contribution in [0, 0.1) is 0 Å². The Kier molecular flexibility index (Phi) is 4.42. The number of fused-ring (bicyclic) bond motifs is 1. The second-order valence-electron chi connectivity index (χ2n) is 5.73. The van der Waals surface area contributed by atoms with E-state index >= 15 is 0 Å². The third kappa shape index (κ3) is 3.38. The normalized spacial score (nSPS) is 10.6. The van der Waals surface area contributed by atoms with Crippen molar-refractivity contribution in [3.63, 3.8) is 0 Å². The third-order valence-corrected chi connectivity index (χ3v) is 3.94. The summed E-state index contributed by atoms with van der Waals surface area (Å²) in [5.74, 6) is 1.07. The average Bonchev–Trinajstić information content (AvgIpc) is 3.11. The topological polar surface area (TPSA) is 138 Å². The van der Waals surface area contributed by atoms with Crippen molar-refractivity contribution in [3.8, 4) is 5.75 Å². The van der Waals surface area contributed by atoms with E-state index in [1.165, 1.54) is 13.4 Å². The molecule has 0 aliphatic carbocycles. The maximum Gasteiger partial charge on any atom is 0.357 e. The van der Waals surface area contributed by atoms with E-state index in [0.717, 1.165) is 0 Å². The smallest absolute Gasteiger partial charge is 0.357 e. The molecule has 4 N–H and O–H groups in total. The number of H-pyrrole nitrogens is 1. The number of aromatic carboxylic acids is 1. The summed E-state index contributed by atoms with van der Waals surface area (Å²) in [6, 6.07) is 10.5. The zero-order chi connectivity index (χ0) is 19.5. The van der Waals surface area contributed by atoms with Gasteiger partial charge >= 0.3 is 5.97 Å². The van der Waals surface area contributed by atoms with E-state index in [1.807, 2.05) is 18.2 Å². The molecule has 0 aliphatic heterocycles. The second kappa shape index (κ2) is 7.19. The quantitative estimate of drug-likeness (QED) is 0.399. The van der Waals surface area contributed by atoms with Gasteiger partial charge in [-0.05, 0) is 18.2 Å². The Bertz CT molecular complexity index is 1140. The molecule has 0 unspecified atom stereocenters. The Labute approximate surface area is 158 Å². The van der Waals surface area contributed by atoms with Crippen LogP contribution in [0.1, 0.15) is 10.5 Å². The Morgan fingerprint density at radius 3 is 2.61 bits per heavy atom. The number of aromatic nitrogens is 5. The van der Waals surface area contributed by atoms with Crippen LogP contribution in [0.2, 0.25) is 0 Å². The summed E-state index contributed by atoms with van der Waals surface area (Å²) in [7, 11) is 1.52. The van der Waals surface area contributed by atoms with Gasteiger partial charge in [0.25, 0.3) is 0 Å². The first kappa shape index (κ1) is 17.2. The number of nitrogens with zero attached hydrogens (tertiary/aromatic N) is 4. The lowest BCUT2D eigenvalue weighted by atomic mass is 10.1. The molecule has 3 heterocycles. The number of carbonyl (C=O) groups is 1. The number of pyridine rings is 1. The van der Waals surface area contributed by atoms with Crippen molar-refractivity contribution >= 4 is 40.0 Å². The average molecular weight is 377 g/mol. The standard InChI is InChI=1S/C18H15N7O3/c1-28-13-7-11-10(17(18(26)27)25-24-11)6-12(13)22-15-8-16(21-9-20-15)23-14-4-2-3-5-19-14/h2-9H,1H3,(H,24,25)(H,26,27)(H2,19,20,21,22,23). The molecule has 0 fully saturated rings. The summed E-state index contributed by atoms with van der Waals surface area (Å²) in [6.07, 6.45) is 3.08. The molecule has 0 aliphatic rings. The number of nitrogens with one attached hydrogen (secondary N) is 3. The molecular weight excluding hydrogens is 362 g/mol. The van der Waals surface area contributed by atoms with Gasteiger partial charge in [-0.1, -0.05) is 6.07 Å². The van der Waals surface area contributed by atoms with E-state index < -0.39 is 5.97 Å². The fraction of sp³-hybridized carbons (Fsp3) is 0.0556. The first-order valence-electron chi connectivity index (χ1n) is 8.20.